The second kappa shape index (κ2) is 4.22. The van der Waals surface area contributed by atoms with Gasteiger partial charge in [-0.3, -0.25) is 0 Å². The smallest absolute Gasteiger partial charge is 0.118 e. The molecule has 1 unspecified atom stereocenters. The summed E-state index contributed by atoms with van der Waals surface area (Å²) in [6.07, 6.45) is 1.20. The molecule has 0 N–H and O–H groups in total. The van der Waals surface area contributed by atoms with Gasteiger partial charge in [-0.15, -0.1) is 11.8 Å². The van der Waals surface area contributed by atoms with Crippen molar-refractivity contribution in [3.63, 3.8) is 0 Å². The van der Waals surface area contributed by atoms with Crippen molar-refractivity contribution in [3.8, 4) is 0 Å². The van der Waals surface area contributed by atoms with E-state index in [2.05, 4.69) is 34.6 Å². The van der Waals surface area contributed by atoms with E-state index in [4.69, 9.17) is 4.74 Å². The van der Waals surface area contributed by atoms with Crippen molar-refractivity contribution in [1.82, 2.24) is 0 Å². The molecule has 0 aromatic heterocycles. The molecule has 0 aromatic carbocycles. The first-order valence-electron chi connectivity index (χ1n) is 5.30. The number of hydrogen-bond donors (Lipinski definition) is 0. The van der Waals surface area contributed by atoms with Crippen LogP contribution in [-0.4, -0.2) is 16.8 Å². The van der Waals surface area contributed by atoms with Crippen LogP contribution in [0.4, 0.5) is 0 Å². The van der Waals surface area contributed by atoms with Crippen molar-refractivity contribution in [2.75, 3.05) is 6.61 Å². The van der Waals surface area contributed by atoms with Crippen molar-refractivity contribution in [2.45, 2.75) is 51.2 Å². The molecule has 1 saturated heterocycles. The first-order valence-corrected chi connectivity index (χ1v) is 6.18. The molecule has 0 aliphatic carbocycles. The van der Waals surface area contributed by atoms with Gasteiger partial charge in [-0.05, 0) is 18.3 Å². The Bertz CT molecular complexity index is 157. The van der Waals surface area contributed by atoms with Gasteiger partial charge < -0.3 is 4.74 Å². The first kappa shape index (κ1) is 11.4. The number of rotatable bonds is 2. The molecule has 0 amide bonds. The quantitative estimate of drug-likeness (QED) is 0.677. The van der Waals surface area contributed by atoms with Gasteiger partial charge >= 0.3 is 0 Å². The Hall–Kier alpha value is 0.310. The van der Waals surface area contributed by atoms with Crippen molar-refractivity contribution in [2.24, 2.45) is 11.8 Å². The van der Waals surface area contributed by atoms with E-state index in [1.54, 1.807) is 0 Å². The fraction of sp³-hybridized carbons (Fsp3) is 1.00. The van der Waals surface area contributed by atoms with E-state index in [1.165, 1.54) is 6.42 Å². The SMILES string of the molecule is CC1CCOC(C(C)C)(C(C)C)S1. The Morgan fingerprint density at radius 3 is 2.08 bits per heavy atom. The fourth-order valence-corrected chi connectivity index (χ4v) is 3.60. The van der Waals surface area contributed by atoms with E-state index in [0.717, 1.165) is 11.9 Å². The molecule has 1 heterocycles. The van der Waals surface area contributed by atoms with E-state index < -0.39 is 0 Å². The van der Waals surface area contributed by atoms with Crippen molar-refractivity contribution >= 4 is 11.8 Å². The largest absolute Gasteiger partial charge is 0.364 e. The molecule has 0 spiro atoms. The summed E-state index contributed by atoms with van der Waals surface area (Å²) in [6, 6.07) is 0. The highest BCUT2D eigenvalue weighted by Gasteiger charge is 2.42. The Morgan fingerprint density at radius 1 is 1.23 bits per heavy atom. The highest BCUT2D eigenvalue weighted by Crippen LogP contribution is 2.46. The topological polar surface area (TPSA) is 9.23 Å². The minimum absolute atomic E-state index is 0.0671. The molecule has 2 heteroatoms. The molecule has 1 nitrogen and oxygen atoms in total. The van der Waals surface area contributed by atoms with Gasteiger partial charge in [0.15, 0.2) is 0 Å². The molecule has 0 bridgehead atoms. The predicted octanol–water partition coefficient (Wildman–Crippen LogP) is 3.54. The number of thioether (sulfide) groups is 1. The number of hydrogen-bond acceptors (Lipinski definition) is 2. The lowest BCUT2D eigenvalue weighted by Crippen LogP contribution is -2.45. The summed E-state index contributed by atoms with van der Waals surface area (Å²) in [4.78, 5) is 0.0671. The van der Waals surface area contributed by atoms with E-state index in [0.29, 0.717) is 11.8 Å². The van der Waals surface area contributed by atoms with Crippen LogP contribution < -0.4 is 0 Å². The van der Waals surface area contributed by atoms with Crippen LogP contribution in [0, 0.1) is 11.8 Å². The van der Waals surface area contributed by atoms with E-state index in [-0.39, 0.29) is 4.93 Å². The van der Waals surface area contributed by atoms with E-state index >= 15 is 0 Å². The molecule has 78 valence electrons. The molecule has 13 heavy (non-hydrogen) atoms. The van der Waals surface area contributed by atoms with Crippen LogP contribution >= 0.6 is 11.8 Å². The summed E-state index contributed by atoms with van der Waals surface area (Å²) in [5, 5.41) is 0.749. The maximum absolute atomic E-state index is 6.02. The molecule has 0 aromatic rings. The summed E-state index contributed by atoms with van der Waals surface area (Å²) in [5.74, 6) is 1.19. The third kappa shape index (κ3) is 2.21. The molecule has 1 atom stereocenters. The van der Waals surface area contributed by atoms with Crippen molar-refractivity contribution < 1.29 is 4.74 Å². The highest BCUT2D eigenvalue weighted by molar-refractivity contribution is 8.01. The van der Waals surface area contributed by atoms with Gasteiger partial charge in [0.1, 0.15) is 4.93 Å². The molecule has 1 fully saturated rings. The van der Waals surface area contributed by atoms with Crippen LogP contribution in [0.2, 0.25) is 0 Å². The van der Waals surface area contributed by atoms with Gasteiger partial charge in [-0.25, -0.2) is 0 Å². The second-order valence-corrected chi connectivity index (χ2v) is 6.27. The van der Waals surface area contributed by atoms with Gasteiger partial charge in [0.25, 0.3) is 0 Å². The third-order valence-electron chi connectivity index (χ3n) is 2.85. The standard InChI is InChI=1S/C11H22OS/c1-8(2)11(9(3)4)12-7-6-10(5)13-11/h8-10H,6-7H2,1-5H3. The summed E-state index contributed by atoms with van der Waals surface area (Å²) >= 11 is 2.03. The Labute approximate surface area is 86.6 Å². The second-order valence-electron chi connectivity index (χ2n) is 4.60. The molecule has 1 rings (SSSR count). The van der Waals surface area contributed by atoms with Crippen LogP contribution in [0.1, 0.15) is 41.0 Å². The molecule has 1 aliphatic rings. The first-order chi connectivity index (χ1) is 5.99. The van der Waals surface area contributed by atoms with Gasteiger partial charge in [0.2, 0.25) is 0 Å². The van der Waals surface area contributed by atoms with Gasteiger partial charge in [0.05, 0.1) is 0 Å². The van der Waals surface area contributed by atoms with Crippen LogP contribution in [-0.2, 0) is 4.74 Å². The zero-order valence-electron chi connectivity index (χ0n) is 9.46. The molecular weight excluding hydrogens is 180 g/mol. The average molecular weight is 202 g/mol. The maximum atomic E-state index is 6.02. The summed E-state index contributed by atoms with van der Waals surface area (Å²) in [5.41, 5.74) is 0. The van der Waals surface area contributed by atoms with Crippen molar-refractivity contribution in [3.05, 3.63) is 0 Å². The van der Waals surface area contributed by atoms with E-state index in [1.807, 2.05) is 11.8 Å². The predicted molar refractivity (Wildman–Crippen MR) is 60.0 cm³/mol. The normalized spacial score (nSPS) is 28.4. The van der Waals surface area contributed by atoms with Crippen LogP contribution in [0.15, 0.2) is 0 Å². The van der Waals surface area contributed by atoms with Crippen LogP contribution in [0.3, 0.4) is 0 Å². The summed E-state index contributed by atoms with van der Waals surface area (Å²) in [7, 11) is 0. The minimum Gasteiger partial charge on any atom is -0.364 e. The number of ether oxygens (including phenoxy) is 1. The molecular formula is C11H22OS. The Morgan fingerprint density at radius 2 is 1.77 bits per heavy atom. The van der Waals surface area contributed by atoms with Crippen molar-refractivity contribution in [1.29, 1.82) is 0 Å². The fourth-order valence-electron chi connectivity index (χ4n) is 2.06. The summed E-state index contributed by atoms with van der Waals surface area (Å²) in [6.45, 7) is 12.3. The van der Waals surface area contributed by atoms with Crippen LogP contribution in [0.25, 0.3) is 0 Å². The summed E-state index contributed by atoms with van der Waals surface area (Å²) < 4.78 is 6.02. The Kier molecular flexibility index (Phi) is 3.70. The lowest BCUT2D eigenvalue weighted by molar-refractivity contribution is -0.0461. The van der Waals surface area contributed by atoms with Gasteiger partial charge in [0, 0.05) is 11.9 Å². The minimum atomic E-state index is 0.0671. The van der Waals surface area contributed by atoms with Gasteiger partial charge in [-0.1, -0.05) is 34.6 Å². The highest BCUT2D eigenvalue weighted by atomic mass is 32.2. The van der Waals surface area contributed by atoms with Crippen LogP contribution in [0.5, 0.6) is 0 Å². The third-order valence-corrected chi connectivity index (χ3v) is 4.91. The zero-order valence-corrected chi connectivity index (χ0v) is 10.3. The Balaban J connectivity index is 2.77. The molecule has 1 aliphatic heterocycles. The lowest BCUT2D eigenvalue weighted by atomic mass is 9.95. The average Bonchev–Trinajstić information content (AvgIpc) is 2.03. The monoisotopic (exact) mass is 202 g/mol. The molecule has 0 saturated carbocycles. The van der Waals surface area contributed by atoms with Gasteiger partial charge in [-0.2, -0.15) is 0 Å². The maximum Gasteiger partial charge on any atom is 0.118 e. The zero-order chi connectivity index (χ0) is 10.1. The lowest BCUT2D eigenvalue weighted by Gasteiger charge is -2.45. The molecule has 0 radical (unpaired) electrons. The van der Waals surface area contributed by atoms with E-state index in [9.17, 15) is 0 Å².